The van der Waals surface area contributed by atoms with Crippen LogP contribution in [-0.2, 0) is 4.74 Å². The predicted octanol–water partition coefficient (Wildman–Crippen LogP) is 2.50. The average molecular weight is 197 g/mol. The smallest absolute Gasteiger partial charge is 0.0647 e. The van der Waals surface area contributed by atoms with Crippen molar-refractivity contribution >= 4 is 0 Å². The van der Waals surface area contributed by atoms with Crippen molar-refractivity contribution in [1.82, 2.24) is 5.32 Å². The molecule has 0 amide bonds. The summed E-state index contributed by atoms with van der Waals surface area (Å²) in [6.45, 7) is 4.61. The van der Waals surface area contributed by atoms with Crippen LogP contribution in [0.15, 0.2) is 12.2 Å². The molecule has 1 saturated carbocycles. The van der Waals surface area contributed by atoms with Crippen molar-refractivity contribution in [2.24, 2.45) is 0 Å². The standard InChI is InChI=1S/C12H23NO/c1-2-3-10-14-11-9-13-12-7-5-4-6-8-12/h2-3,12-13H,4-11H2,1H3. The molecule has 0 unspecified atom stereocenters. The lowest BCUT2D eigenvalue weighted by Crippen LogP contribution is -2.33. The molecule has 1 aliphatic rings. The van der Waals surface area contributed by atoms with E-state index in [9.17, 15) is 0 Å². The topological polar surface area (TPSA) is 21.3 Å². The van der Waals surface area contributed by atoms with E-state index in [1.165, 1.54) is 32.1 Å². The third kappa shape index (κ3) is 5.40. The first-order valence-corrected chi connectivity index (χ1v) is 5.86. The lowest BCUT2D eigenvalue weighted by atomic mass is 9.96. The van der Waals surface area contributed by atoms with Crippen LogP contribution in [0.2, 0.25) is 0 Å². The molecule has 0 saturated heterocycles. The Hall–Kier alpha value is -0.340. The second kappa shape index (κ2) is 8.01. The number of ether oxygens (including phenoxy) is 1. The molecule has 82 valence electrons. The highest BCUT2D eigenvalue weighted by Gasteiger charge is 2.11. The van der Waals surface area contributed by atoms with Crippen molar-refractivity contribution in [3.63, 3.8) is 0 Å². The molecule has 1 rings (SSSR count). The van der Waals surface area contributed by atoms with Gasteiger partial charge in [-0.1, -0.05) is 31.4 Å². The Labute approximate surface area is 87.7 Å². The maximum absolute atomic E-state index is 5.42. The molecule has 0 aromatic rings. The van der Waals surface area contributed by atoms with Gasteiger partial charge in [0.15, 0.2) is 0 Å². The summed E-state index contributed by atoms with van der Waals surface area (Å²) in [7, 11) is 0. The van der Waals surface area contributed by atoms with Crippen LogP contribution in [0, 0.1) is 0 Å². The van der Waals surface area contributed by atoms with Gasteiger partial charge in [-0.05, 0) is 19.8 Å². The van der Waals surface area contributed by atoms with E-state index >= 15 is 0 Å². The summed E-state index contributed by atoms with van der Waals surface area (Å²) < 4.78 is 5.42. The Morgan fingerprint density at radius 2 is 2.07 bits per heavy atom. The lowest BCUT2D eigenvalue weighted by molar-refractivity contribution is 0.158. The van der Waals surface area contributed by atoms with Gasteiger partial charge < -0.3 is 10.1 Å². The second-order valence-electron chi connectivity index (χ2n) is 3.93. The normalized spacial score (nSPS) is 19.2. The highest BCUT2D eigenvalue weighted by Crippen LogP contribution is 2.16. The van der Waals surface area contributed by atoms with Crippen LogP contribution in [0.3, 0.4) is 0 Å². The Morgan fingerprint density at radius 3 is 2.79 bits per heavy atom. The molecule has 0 aliphatic heterocycles. The third-order valence-corrected chi connectivity index (χ3v) is 2.73. The lowest BCUT2D eigenvalue weighted by Gasteiger charge is -2.22. The Morgan fingerprint density at radius 1 is 1.29 bits per heavy atom. The van der Waals surface area contributed by atoms with Gasteiger partial charge in [-0.25, -0.2) is 0 Å². The van der Waals surface area contributed by atoms with Crippen molar-refractivity contribution in [1.29, 1.82) is 0 Å². The molecule has 0 spiro atoms. The molecule has 0 heterocycles. The minimum Gasteiger partial charge on any atom is -0.376 e. The molecule has 1 fully saturated rings. The fourth-order valence-corrected chi connectivity index (χ4v) is 1.89. The van der Waals surface area contributed by atoms with Gasteiger partial charge in [-0.15, -0.1) is 0 Å². The molecule has 0 bridgehead atoms. The van der Waals surface area contributed by atoms with Gasteiger partial charge in [0.2, 0.25) is 0 Å². The van der Waals surface area contributed by atoms with E-state index in [1.807, 2.05) is 19.1 Å². The van der Waals surface area contributed by atoms with E-state index in [0.717, 1.165) is 25.8 Å². The van der Waals surface area contributed by atoms with Gasteiger partial charge in [-0.2, -0.15) is 0 Å². The fourth-order valence-electron chi connectivity index (χ4n) is 1.89. The van der Waals surface area contributed by atoms with Crippen molar-refractivity contribution in [2.45, 2.75) is 45.1 Å². The van der Waals surface area contributed by atoms with Crippen LogP contribution in [0.1, 0.15) is 39.0 Å². The first-order valence-electron chi connectivity index (χ1n) is 5.86. The summed E-state index contributed by atoms with van der Waals surface area (Å²) in [5, 5.41) is 3.55. The summed E-state index contributed by atoms with van der Waals surface area (Å²) in [4.78, 5) is 0. The average Bonchev–Trinajstić information content (AvgIpc) is 2.25. The predicted molar refractivity (Wildman–Crippen MR) is 60.5 cm³/mol. The highest BCUT2D eigenvalue weighted by molar-refractivity contribution is 4.76. The van der Waals surface area contributed by atoms with Crippen molar-refractivity contribution in [2.75, 3.05) is 19.8 Å². The summed E-state index contributed by atoms with van der Waals surface area (Å²) in [5.41, 5.74) is 0. The number of nitrogens with one attached hydrogen (secondary N) is 1. The number of rotatable bonds is 6. The van der Waals surface area contributed by atoms with E-state index in [1.54, 1.807) is 0 Å². The highest BCUT2D eigenvalue weighted by atomic mass is 16.5. The molecule has 0 radical (unpaired) electrons. The second-order valence-corrected chi connectivity index (χ2v) is 3.93. The van der Waals surface area contributed by atoms with Gasteiger partial charge in [0.05, 0.1) is 13.2 Å². The first-order chi connectivity index (χ1) is 6.93. The fraction of sp³-hybridized carbons (Fsp3) is 0.833. The number of hydrogen-bond donors (Lipinski definition) is 1. The Bertz CT molecular complexity index is 150. The summed E-state index contributed by atoms with van der Waals surface area (Å²) in [6, 6.07) is 0.758. The van der Waals surface area contributed by atoms with Crippen LogP contribution in [0.5, 0.6) is 0 Å². The zero-order valence-corrected chi connectivity index (χ0v) is 9.30. The zero-order chi connectivity index (χ0) is 10.1. The van der Waals surface area contributed by atoms with E-state index in [2.05, 4.69) is 5.32 Å². The number of allylic oxidation sites excluding steroid dienone is 1. The maximum atomic E-state index is 5.42. The van der Waals surface area contributed by atoms with Gasteiger partial charge in [0.1, 0.15) is 0 Å². The van der Waals surface area contributed by atoms with Crippen molar-refractivity contribution < 1.29 is 4.74 Å². The molecule has 2 nitrogen and oxygen atoms in total. The first kappa shape index (κ1) is 11.7. The Balaban J connectivity index is 1.87. The van der Waals surface area contributed by atoms with E-state index < -0.39 is 0 Å². The van der Waals surface area contributed by atoms with Crippen molar-refractivity contribution in [3.8, 4) is 0 Å². The minimum atomic E-state index is 0.753. The SMILES string of the molecule is CC=CCOCCNC1CCCCC1. The van der Waals surface area contributed by atoms with E-state index in [-0.39, 0.29) is 0 Å². The van der Waals surface area contributed by atoms with E-state index in [0.29, 0.717) is 0 Å². The monoisotopic (exact) mass is 197 g/mol. The number of hydrogen-bond acceptors (Lipinski definition) is 2. The van der Waals surface area contributed by atoms with Crippen LogP contribution < -0.4 is 5.32 Å². The van der Waals surface area contributed by atoms with E-state index in [4.69, 9.17) is 4.74 Å². The molecule has 0 aromatic carbocycles. The van der Waals surface area contributed by atoms with Crippen LogP contribution in [0.25, 0.3) is 0 Å². The molecule has 1 aliphatic carbocycles. The maximum Gasteiger partial charge on any atom is 0.0647 e. The van der Waals surface area contributed by atoms with Gasteiger partial charge in [0, 0.05) is 12.6 Å². The third-order valence-electron chi connectivity index (χ3n) is 2.73. The summed E-state index contributed by atoms with van der Waals surface area (Å²) >= 11 is 0. The molecule has 1 N–H and O–H groups in total. The molecular weight excluding hydrogens is 174 g/mol. The quantitative estimate of drug-likeness (QED) is 0.522. The van der Waals surface area contributed by atoms with Crippen LogP contribution in [0.4, 0.5) is 0 Å². The molecule has 0 atom stereocenters. The minimum absolute atomic E-state index is 0.753. The van der Waals surface area contributed by atoms with Gasteiger partial charge in [0.25, 0.3) is 0 Å². The molecule has 2 heteroatoms. The van der Waals surface area contributed by atoms with Gasteiger partial charge in [-0.3, -0.25) is 0 Å². The molecular formula is C12H23NO. The van der Waals surface area contributed by atoms with Crippen LogP contribution >= 0.6 is 0 Å². The zero-order valence-electron chi connectivity index (χ0n) is 9.30. The molecule has 14 heavy (non-hydrogen) atoms. The summed E-state index contributed by atoms with van der Waals surface area (Å²) in [6.07, 6.45) is 11.0. The Kier molecular flexibility index (Phi) is 6.71. The van der Waals surface area contributed by atoms with Crippen molar-refractivity contribution in [3.05, 3.63) is 12.2 Å². The van der Waals surface area contributed by atoms with Crippen LogP contribution in [-0.4, -0.2) is 25.8 Å². The molecule has 0 aromatic heterocycles. The summed E-state index contributed by atoms with van der Waals surface area (Å²) in [5.74, 6) is 0. The van der Waals surface area contributed by atoms with Gasteiger partial charge >= 0.3 is 0 Å². The largest absolute Gasteiger partial charge is 0.376 e.